The predicted molar refractivity (Wildman–Crippen MR) is 71.3 cm³/mol. The average Bonchev–Trinajstić information content (AvgIpc) is 2.47. The van der Waals surface area contributed by atoms with Crippen molar-refractivity contribution in [3.8, 4) is 0 Å². The molecule has 0 spiro atoms. The number of amides is 1. The number of hydrogen-bond donors (Lipinski definition) is 1. The van der Waals surface area contributed by atoms with E-state index in [0.717, 1.165) is 21.3 Å². The second kappa shape index (κ2) is 4.05. The zero-order valence-corrected chi connectivity index (χ0v) is 11.8. The molecule has 4 heteroatoms. The van der Waals surface area contributed by atoms with Crippen molar-refractivity contribution in [2.45, 2.75) is 32.7 Å². The molecule has 1 aromatic heterocycles. The second-order valence-electron chi connectivity index (χ2n) is 4.84. The van der Waals surface area contributed by atoms with E-state index < -0.39 is 0 Å². The van der Waals surface area contributed by atoms with Crippen molar-refractivity contribution >= 4 is 39.8 Å². The molecule has 1 fully saturated rings. The first kappa shape index (κ1) is 11.4. The molecule has 1 N–H and O–H groups in total. The smallest absolute Gasteiger partial charge is 0.262 e. The van der Waals surface area contributed by atoms with Gasteiger partial charge in [0.1, 0.15) is 4.88 Å². The van der Waals surface area contributed by atoms with Crippen molar-refractivity contribution in [2.75, 3.05) is 0 Å². The van der Waals surface area contributed by atoms with Crippen LogP contribution < -0.4 is 5.32 Å². The predicted octanol–water partition coefficient (Wildman–Crippen LogP) is 3.27. The average molecular weight is 335 g/mol. The van der Waals surface area contributed by atoms with Crippen molar-refractivity contribution in [2.24, 2.45) is 5.41 Å². The van der Waals surface area contributed by atoms with E-state index >= 15 is 0 Å². The number of thiophene rings is 1. The molecule has 82 valence electrons. The van der Waals surface area contributed by atoms with Gasteiger partial charge in [0.2, 0.25) is 0 Å². The van der Waals surface area contributed by atoms with Gasteiger partial charge in [0.05, 0.1) is 0 Å². The maximum Gasteiger partial charge on any atom is 0.262 e. The molecule has 1 heterocycles. The van der Waals surface area contributed by atoms with Gasteiger partial charge in [0, 0.05) is 9.61 Å². The molecule has 0 atom stereocenters. The largest absolute Gasteiger partial charge is 0.349 e. The normalized spacial score (nSPS) is 19.7. The van der Waals surface area contributed by atoms with Gasteiger partial charge in [0.15, 0.2) is 0 Å². The van der Waals surface area contributed by atoms with Crippen LogP contribution in [0.5, 0.6) is 0 Å². The van der Waals surface area contributed by atoms with Gasteiger partial charge in [-0.15, -0.1) is 11.3 Å². The summed E-state index contributed by atoms with van der Waals surface area (Å²) >= 11 is 3.72. The van der Waals surface area contributed by atoms with Crippen LogP contribution in [0.1, 0.15) is 36.4 Å². The van der Waals surface area contributed by atoms with Crippen LogP contribution in [0, 0.1) is 8.99 Å². The van der Waals surface area contributed by atoms with Crippen molar-refractivity contribution in [1.29, 1.82) is 0 Å². The van der Waals surface area contributed by atoms with Crippen LogP contribution in [-0.4, -0.2) is 11.9 Å². The SMILES string of the molecule is CC1(C)CC(NC(=O)c2sccc2I)C1. The zero-order chi connectivity index (χ0) is 11.1. The Bertz CT molecular complexity index is 378. The lowest BCUT2D eigenvalue weighted by atomic mass is 9.68. The molecule has 0 unspecified atom stereocenters. The third-order valence-corrected chi connectivity index (χ3v) is 4.93. The Morgan fingerprint density at radius 1 is 1.60 bits per heavy atom. The van der Waals surface area contributed by atoms with E-state index in [1.807, 2.05) is 11.4 Å². The van der Waals surface area contributed by atoms with Crippen LogP contribution in [0.25, 0.3) is 0 Å². The van der Waals surface area contributed by atoms with E-state index in [1.54, 1.807) is 0 Å². The van der Waals surface area contributed by atoms with Gasteiger partial charge in [0.25, 0.3) is 5.91 Å². The highest BCUT2D eigenvalue weighted by Gasteiger charge is 2.37. The minimum absolute atomic E-state index is 0.0925. The lowest BCUT2D eigenvalue weighted by molar-refractivity contribution is 0.0806. The molecule has 1 aliphatic carbocycles. The molecule has 2 nitrogen and oxygen atoms in total. The van der Waals surface area contributed by atoms with E-state index in [-0.39, 0.29) is 5.91 Å². The van der Waals surface area contributed by atoms with E-state index in [2.05, 4.69) is 41.8 Å². The van der Waals surface area contributed by atoms with Crippen LogP contribution in [0.2, 0.25) is 0 Å². The molecule has 0 bridgehead atoms. The van der Waals surface area contributed by atoms with Crippen molar-refractivity contribution in [3.05, 3.63) is 19.9 Å². The summed E-state index contributed by atoms with van der Waals surface area (Å²) in [6.45, 7) is 4.48. The zero-order valence-electron chi connectivity index (χ0n) is 8.84. The lowest BCUT2D eigenvalue weighted by Crippen LogP contribution is -2.48. The fourth-order valence-corrected chi connectivity index (χ4v) is 3.82. The van der Waals surface area contributed by atoms with E-state index in [1.165, 1.54) is 11.3 Å². The quantitative estimate of drug-likeness (QED) is 0.826. The monoisotopic (exact) mass is 335 g/mol. The highest BCUT2D eigenvalue weighted by atomic mass is 127. The summed E-state index contributed by atoms with van der Waals surface area (Å²) in [5.74, 6) is 0.0925. The first-order chi connectivity index (χ1) is 6.98. The molecule has 1 saturated carbocycles. The van der Waals surface area contributed by atoms with Crippen molar-refractivity contribution < 1.29 is 4.79 Å². The standard InChI is InChI=1S/C11H14INOS/c1-11(2)5-7(6-11)13-10(14)9-8(12)3-4-15-9/h3-4,7H,5-6H2,1-2H3,(H,13,14). The van der Waals surface area contributed by atoms with Crippen LogP contribution in [-0.2, 0) is 0 Å². The van der Waals surface area contributed by atoms with Crippen molar-refractivity contribution in [3.63, 3.8) is 0 Å². The fraction of sp³-hybridized carbons (Fsp3) is 0.545. The Labute approximate surface area is 108 Å². The minimum atomic E-state index is 0.0925. The molecular weight excluding hydrogens is 321 g/mol. The molecule has 2 rings (SSSR count). The molecule has 15 heavy (non-hydrogen) atoms. The number of rotatable bonds is 2. The van der Waals surface area contributed by atoms with Gasteiger partial charge in [-0.25, -0.2) is 0 Å². The maximum atomic E-state index is 11.8. The van der Waals surface area contributed by atoms with Gasteiger partial charge in [-0.1, -0.05) is 13.8 Å². The van der Waals surface area contributed by atoms with Gasteiger partial charge >= 0.3 is 0 Å². The number of halogens is 1. The summed E-state index contributed by atoms with van der Waals surface area (Å²) in [5, 5.41) is 5.04. The highest BCUT2D eigenvalue weighted by Crippen LogP contribution is 2.40. The molecule has 1 aromatic rings. The van der Waals surface area contributed by atoms with Crippen molar-refractivity contribution in [1.82, 2.24) is 5.32 Å². The topological polar surface area (TPSA) is 29.1 Å². The van der Waals surface area contributed by atoms with E-state index in [0.29, 0.717) is 11.5 Å². The molecule has 0 aliphatic heterocycles. The fourth-order valence-electron chi connectivity index (χ4n) is 2.08. The first-order valence-corrected chi connectivity index (χ1v) is 6.98. The molecule has 0 saturated heterocycles. The summed E-state index contributed by atoms with van der Waals surface area (Å²) in [7, 11) is 0. The van der Waals surface area contributed by atoms with Gasteiger partial charge in [-0.05, 0) is 52.3 Å². The Morgan fingerprint density at radius 2 is 2.27 bits per heavy atom. The Morgan fingerprint density at radius 3 is 2.73 bits per heavy atom. The summed E-state index contributed by atoms with van der Waals surface area (Å²) in [6, 6.07) is 2.36. The van der Waals surface area contributed by atoms with Crippen LogP contribution >= 0.6 is 33.9 Å². The molecular formula is C11H14INOS. The minimum Gasteiger partial charge on any atom is -0.349 e. The van der Waals surface area contributed by atoms with E-state index in [9.17, 15) is 4.79 Å². The third-order valence-electron chi connectivity index (χ3n) is 2.76. The van der Waals surface area contributed by atoms with Crippen LogP contribution in [0.4, 0.5) is 0 Å². The Balaban J connectivity index is 1.92. The molecule has 1 aliphatic rings. The molecule has 0 radical (unpaired) electrons. The van der Waals surface area contributed by atoms with Crippen LogP contribution in [0.15, 0.2) is 11.4 Å². The number of carbonyl (C=O) groups is 1. The number of nitrogens with one attached hydrogen (secondary N) is 1. The summed E-state index contributed by atoms with van der Waals surface area (Å²) in [5.41, 5.74) is 0.417. The second-order valence-corrected chi connectivity index (χ2v) is 6.92. The lowest BCUT2D eigenvalue weighted by Gasteiger charge is -2.42. The van der Waals surface area contributed by atoms with Gasteiger partial charge < -0.3 is 5.32 Å². The van der Waals surface area contributed by atoms with Gasteiger partial charge in [-0.3, -0.25) is 4.79 Å². The van der Waals surface area contributed by atoms with E-state index in [4.69, 9.17) is 0 Å². The number of carbonyl (C=O) groups excluding carboxylic acids is 1. The first-order valence-electron chi connectivity index (χ1n) is 5.02. The molecule has 1 amide bonds. The summed E-state index contributed by atoms with van der Waals surface area (Å²) in [6.07, 6.45) is 2.20. The highest BCUT2D eigenvalue weighted by molar-refractivity contribution is 14.1. The van der Waals surface area contributed by atoms with Gasteiger partial charge in [-0.2, -0.15) is 0 Å². The Kier molecular flexibility index (Phi) is 3.07. The third kappa shape index (κ3) is 2.53. The number of hydrogen-bond acceptors (Lipinski definition) is 2. The molecule has 0 aromatic carbocycles. The van der Waals surface area contributed by atoms with Crippen LogP contribution in [0.3, 0.4) is 0 Å². The Hall–Kier alpha value is -0.100. The summed E-state index contributed by atoms with van der Waals surface area (Å²) < 4.78 is 1.05. The maximum absolute atomic E-state index is 11.8. The summed E-state index contributed by atoms with van der Waals surface area (Å²) in [4.78, 5) is 12.7.